The maximum Gasteiger partial charge on any atom is 0.416 e. The van der Waals surface area contributed by atoms with Crippen molar-refractivity contribution in [3.8, 4) is 0 Å². The van der Waals surface area contributed by atoms with Crippen molar-refractivity contribution in [1.82, 2.24) is 10.2 Å². The second kappa shape index (κ2) is 7.17. The molecule has 1 saturated heterocycles. The van der Waals surface area contributed by atoms with Gasteiger partial charge in [0, 0.05) is 26.2 Å². The topological polar surface area (TPSA) is 44.7 Å². The molecule has 0 aromatic heterocycles. The van der Waals surface area contributed by atoms with Gasteiger partial charge in [-0.3, -0.25) is 0 Å². The van der Waals surface area contributed by atoms with Gasteiger partial charge in [-0.25, -0.2) is 0 Å². The van der Waals surface area contributed by atoms with Crippen molar-refractivity contribution < 1.29 is 23.0 Å². The van der Waals surface area contributed by atoms with Crippen LogP contribution in [0.3, 0.4) is 0 Å². The van der Waals surface area contributed by atoms with Crippen molar-refractivity contribution in [3.05, 3.63) is 35.4 Å². The van der Waals surface area contributed by atoms with Crippen LogP contribution in [0, 0.1) is 0 Å². The van der Waals surface area contributed by atoms with E-state index in [-0.39, 0.29) is 18.2 Å². The molecule has 7 heteroatoms. The number of halogens is 3. The number of hydrogen-bond acceptors (Lipinski definition) is 4. The summed E-state index contributed by atoms with van der Waals surface area (Å²) in [5.41, 5.74) is -1.91. The Morgan fingerprint density at radius 1 is 1.35 bits per heavy atom. The molecular formula is C16H23F3N2O2. The number of aliphatic hydroxyl groups is 1. The van der Waals surface area contributed by atoms with E-state index < -0.39 is 17.3 Å². The summed E-state index contributed by atoms with van der Waals surface area (Å²) in [7, 11) is 2.01. The first kappa shape index (κ1) is 18.2. The van der Waals surface area contributed by atoms with E-state index in [1.54, 1.807) is 0 Å². The van der Waals surface area contributed by atoms with Crippen LogP contribution in [-0.4, -0.2) is 55.9 Å². The van der Waals surface area contributed by atoms with E-state index in [2.05, 4.69) is 10.2 Å². The fourth-order valence-corrected chi connectivity index (χ4v) is 2.60. The minimum atomic E-state index is -4.42. The Morgan fingerprint density at radius 2 is 2.04 bits per heavy atom. The van der Waals surface area contributed by atoms with E-state index >= 15 is 0 Å². The van der Waals surface area contributed by atoms with E-state index in [0.717, 1.165) is 25.2 Å². The lowest BCUT2D eigenvalue weighted by Crippen LogP contribution is -2.47. The highest BCUT2D eigenvalue weighted by atomic mass is 19.4. The molecule has 1 fully saturated rings. The lowest BCUT2D eigenvalue weighted by molar-refractivity contribution is -0.137. The van der Waals surface area contributed by atoms with Gasteiger partial charge in [-0.15, -0.1) is 0 Å². The van der Waals surface area contributed by atoms with Crippen molar-refractivity contribution in [2.75, 3.05) is 39.8 Å². The number of benzene rings is 1. The molecular weight excluding hydrogens is 309 g/mol. The average Bonchev–Trinajstić information content (AvgIpc) is 2.46. The van der Waals surface area contributed by atoms with Gasteiger partial charge in [-0.05, 0) is 31.7 Å². The number of nitrogens with zero attached hydrogens (tertiary/aromatic N) is 1. The first-order chi connectivity index (χ1) is 10.7. The van der Waals surface area contributed by atoms with Crippen LogP contribution in [0.4, 0.5) is 13.2 Å². The predicted molar refractivity (Wildman–Crippen MR) is 81.1 cm³/mol. The molecule has 1 aliphatic rings. The Kier molecular flexibility index (Phi) is 5.67. The summed E-state index contributed by atoms with van der Waals surface area (Å²) in [6.07, 6.45) is -4.40. The van der Waals surface area contributed by atoms with Crippen molar-refractivity contribution >= 4 is 0 Å². The zero-order valence-electron chi connectivity index (χ0n) is 13.4. The van der Waals surface area contributed by atoms with E-state index in [1.807, 2.05) is 7.05 Å². The van der Waals surface area contributed by atoms with Crippen molar-refractivity contribution in [1.29, 1.82) is 0 Å². The first-order valence-electron chi connectivity index (χ1n) is 7.59. The minimum Gasteiger partial charge on any atom is -0.384 e. The molecule has 0 aliphatic carbocycles. The molecule has 23 heavy (non-hydrogen) atoms. The molecule has 2 rings (SSSR count). The van der Waals surface area contributed by atoms with Crippen molar-refractivity contribution in [3.63, 3.8) is 0 Å². The standard InChI is InChI=1S/C16H23F3N2O2/c1-15(22,11-20-9-14-10-21(2)6-7-23-14)12-4-3-5-13(8-12)16(17,18)19/h3-5,8,14,20,22H,6-7,9-11H2,1-2H3/t14-,15-/m0/s1. The second-order valence-electron chi connectivity index (χ2n) is 6.24. The Labute approximate surface area is 134 Å². The lowest BCUT2D eigenvalue weighted by Gasteiger charge is -2.31. The molecule has 1 aliphatic heterocycles. The van der Waals surface area contributed by atoms with E-state index in [1.165, 1.54) is 19.1 Å². The summed E-state index contributed by atoms with van der Waals surface area (Å²) in [5.74, 6) is 0. The molecule has 1 aromatic carbocycles. The molecule has 130 valence electrons. The van der Waals surface area contributed by atoms with Gasteiger partial charge >= 0.3 is 6.18 Å². The summed E-state index contributed by atoms with van der Waals surface area (Å²) in [4.78, 5) is 2.15. The first-order valence-corrected chi connectivity index (χ1v) is 7.59. The number of ether oxygens (including phenoxy) is 1. The largest absolute Gasteiger partial charge is 0.416 e. The number of morpholine rings is 1. The highest BCUT2D eigenvalue weighted by Crippen LogP contribution is 2.31. The van der Waals surface area contributed by atoms with Gasteiger partial charge in [0.15, 0.2) is 0 Å². The SMILES string of the molecule is CN1CCO[C@@H](CNC[C@](C)(O)c2cccc(C(F)(F)F)c2)C1. The molecule has 0 radical (unpaired) electrons. The van der Waals surface area contributed by atoms with E-state index in [9.17, 15) is 18.3 Å². The van der Waals surface area contributed by atoms with Gasteiger partial charge < -0.3 is 20.1 Å². The number of nitrogens with one attached hydrogen (secondary N) is 1. The second-order valence-corrected chi connectivity index (χ2v) is 6.24. The van der Waals surface area contributed by atoms with E-state index in [4.69, 9.17) is 4.74 Å². The molecule has 2 atom stereocenters. The Bertz CT molecular complexity index is 520. The minimum absolute atomic E-state index is 0.0195. The molecule has 1 aromatic rings. The molecule has 0 bridgehead atoms. The van der Waals surface area contributed by atoms with Crippen molar-refractivity contribution in [2.45, 2.75) is 24.8 Å². The Balaban J connectivity index is 1.93. The monoisotopic (exact) mass is 332 g/mol. The fourth-order valence-electron chi connectivity index (χ4n) is 2.60. The predicted octanol–water partition coefficient (Wildman–Crippen LogP) is 1.83. The number of hydrogen-bond donors (Lipinski definition) is 2. The number of alkyl halides is 3. The van der Waals surface area contributed by atoms with Gasteiger partial charge in [0.1, 0.15) is 0 Å². The zero-order chi connectivity index (χ0) is 17.1. The van der Waals surface area contributed by atoms with Crippen LogP contribution >= 0.6 is 0 Å². The van der Waals surface area contributed by atoms with Gasteiger partial charge in [-0.2, -0.15) is 13.2 Å². The molecule has 0 amide bonds. The zero-order valence-corrected chi connectivity index (χ0v) is 13.4. The third-order valence-electron chi connectivity index (χ3n) is 3.99. The van der Waals surface area contributed by atoms with Gasteiger partial charge in [-0.1, -0.05) is 12.1 Å². The summed E-state index contributed by atoms with van der Waals surface area (Å²) in [6.45, 7) is 4.53. The molecule has 0 saturated carbocycles. The van der Waals surface area contributed by atoms with Crippen LogP contribution in [0.1, 0.15) is 18.1 Å². The Hall–Kier alpha value is -1.15. The smallest absolute Gasteiger partial charge is 0.384 e. The quantitative estimate of drug-likeness (QED) is 0.864. The number of rotatable bonds is 5. The van der Waals surface area contributed by atoms with Crippen LogP contribution in [0.2, 0.25) is 0 Å². The normalized spacial score (nSPS) is 22.8. The van der Waals surface area contributed by atoms with E-state index in [0.29, 0.717) is 13.2 Å². The van der Waals surface area contributed by atoms with Gasteiger partial charge in [0.2, 0.25) is 0 Å². The highest BCUT2D eigenvalue weighted by Gasteiger charge is 2.32. The summed E-state index contributed by atoms with van der Waals surface area (Å²) < 4.78 is 43.9. The fraction of sp³-hybridized carbons (Fsp3) is 0.625. The Morgan fingerprint density at radius 3 is 2.70 bits per heavy atom. The van der Waals surface area contributed by atoms with Crippen LogP contribution in [0.15, 0.2) is 24.3 Å². The van der Waals surface area contributed by atoms with Crippen LogP contribution < -0.4 is 5.32 Å². The van der Waals surface area contributed by atoms with Gasteiger partial charge in [0.05, 0.1) is 23.9 Å². The molecule has 1 heterocycles. The third-order valence-corrected chi connectivity index (χ3v) is 3.99. The number of likely N-dealkylation sites (N-methyl/N-ethyl adjacent to an activating group) is 1. The summed E-state index contributed by atoms with van der Waals surface area (Å²) in [5, 5.41) is 13.6. The van der Waals surface area contributed by atoms with Crippen LogP contribution in [0.5, 0.6) is 0 Å². The summed E-state index contributed by atoms with van der Waals surface area (Å²) in [6, 6.07) is 4.80. The highest BCUT2D eigenvalue weighted by molar-refractivity contribution is 5.29. The molecule has 4 nitrogen and oxygen atoms in total. The summed E-state index contributed by atoms with van der Waals surface area (Å²) >= 11 is 0. The van der Waals surface area contributed by atoms with Gasteiger partial charge in [0.25, 0.3) is 0 Å². The van der Waals surface area contributed by atoms with Crippen LogP contribution in [-0.2, 0) is 16.5 Å². The maximum absolute atomic E-state index is 12.8. The van der Waals surface area contributed by atoms with Crippen LogP contribution in [0.25, 0.3) is 0 Å². The third kappa shape index (κ3) is 5.17. The molecule has 2 N–H and O–H groups in total. The maximum atomic E-state index is 12.8. The lowest BCUT2D eigenvalue weighted by atomic mass is 9.94. The van der Waals surface area contributed by atoms with Crippen molar-refractivity contribution in [2.24, 2.45) is 0 Å². The molecule has 0 spiro atoms. The molecule has 0 unspecified atom stereocenters. The average molecular weight is 332 g/mol.